The summed E-state index contributed by atoms with van der Waals surface area (Å²) in [5.74, 6) is 1.31. The lowest BCUT2D eigenvalue weighted by Crippen LogP contribution is -2.22. The first-order valence-electron chi connectivity index (χ1n) is 6.15. The van der Waals surface area contributed by atoms with E-state index in [4.69, 9.17) is 10.3 Å². The van der Waals surface area contributed by atoms with Crippen molar-refractivity contribution >= 4 is 11.3 Å². The van der Waals surface area contributed by atoms with Gasteiger partial charge in [-0.05, 0) is 13.3 Å². The SMILES string of the molecule is CCCC(N)Cc1nc(Cc2nc(C)cs2)no1. The van der Waals surface area contributed by atoms with Gasteiger partial charge in [0.05, 0.1) is 6.42 Å². The largest absolute Gasteiger partial charge is 0.339 e. The first kappa shape index (κ1) is 13.2. The molecular weight excluding hydrogens is 248 g/mol. The fourth-order valence-electron chi connectivity index (χ4n) is 1.76. The minimum absolute atomic E-state index is 0.102. The van der Waals surface area contributed by atoms with Gasteiger partial charge in [-0.25, -0.2) is 4.98 Å². The number of aromatic nitrogens is 3. The van der Waals surface area contributed by atoms with Crippen molar-refractivity contribution in [2.75, 3.05) is 0 Å². The van der Waals surface area contributed by atoms with Crippen LogP contribution in [0.25, 0.3) is 0 Å². The topological polar surface area (TPSA) is 77.8 Å². The molecule has 2 N–H and O–H groups in total. The molecule has 2 heterocycles. The second-order valence-electron chi connectivity index (χ2n) is 4.42. The molecule has 0 aliphatic rings. The monoisotopic (exact) mass is 266 g/mol. The van der Waals surface area contributed by atoms with Crippen molar-refractivity contribution < 1.29 is 4.52 Å². The van der Waals surface area contributed by atoms with Crippen LogP contribution in [-0.4, -0.2) is 21.2 Å². The molecule has 0 amide bonds. The van der Waals surface area contributed by atoms with E-state index in [1.807, 2.05) is 12.3 Å². The zero-order chi connectivity index (χ0) is 13.0. The van der Waals surface area contributed by atoms with Crippen molar-refractivity contribution in [3.05, 3.63) is 27.8 Å². The summed E-state index contributed by atoms with van der Waals surface area (Å²) in [7, 11) is 0. The van der Waals surface area contributed by atoms with Crippen LogP contribution >= 0.6 is 11.3 Å². The number of hydrogen-bond donors (Lipinski definition) is 1. The van der Waals surface area contributed by atoms with E-state index in [1.54, 1.807) is 11.3 Å². The third-order valence-corrected chi connectivity index (χ3v) is 3.55. The van der Waals surface area contributed by atoms with Gasteiger partial charge in [-0.1, -0.05) is 18.5 Å². The number of nitrogens with zero attached hydrogens (tertiary/aromatic N) is 3. The maximum atomic E-state index is 5.94. The molecule has 0 aromatic carbocycles. The van der Waals surface area contributed by atoms with Crippen LogP contribution in [0.15, 0.2) is 9.90 Å². The van der Waals surface area contributed by atoms with Crippen molar-refractivity contribution in [1.29, 1.82) is 0 Å². The summed E-state index contributed by atoms with van der Waals surface area (Å²) in [6, 6.07) is 0.102. The van der Waals surface area contributed by atoms with E-state index in [2.05, 4.69) is 22.0 Å². The number of aryl methyl sites for hydroxylation is 1. The summed E-state index contributed by atoms with van der Waals surface area (Å²) in [5.41, 5.74) is 6.97. The maximum absolute atomic E-state index is 5.94. The lowest BCUT2D eigenvalue weighted by molar-refractivity contribution is 0.361. The number of thiazole rings is 1. The standard InChI is InChI=1S/C12H18N4OS/c1-3-4-9(13)5-11-15-10(16-17-11)6-12-14-8(2)7-18-12/h7,9H,3-6,13H2,1-2H3. The van der Waals surface area contributed by atoms with Crippen molar-refractivity contribution in [2.45, 2.75) is 45.6 Å². The Morgan fingerprint density at radius 2 is 2.28 bits per heavy atom. The fraction of sp³-hybridized carbons (Fsp3) is 0.583. The summed E-state index contributed by atoms with van der Waals surface area (Å²) >= 11 is 1.62. The summed E-state index contributed by atoms with van der Waals surface area (Å²) in [5, 5.41) is 6.99. The van der Waals surface area contributed by atoms with Crippen LogP contribution in [0.2, 0.25) is 0 Å². The lowest BCUT2D eigenvalue weighted by Gasteiger charge is -2.05. The minimum Gasteiger partial charge on any atom is -0.339 e. The summed E-state index contributed by atoms with van der Waals surface area (Å²) in [6.07, 6.45) is 3.33. The van der Waals surface area contributed by atoms with Crippen molar-refractivity contribution in [3.63, 3.8) is 0 Å². The van der Waals surface area contributed by atoms with E-state index in [9.17, 15) is 0 Å². The Morgan fingerprint density at radius 3 is 2.94 bits per heavy atom. The minimum atomic E-state index is 0.102. The Kier molecular flexibility index (Phi) is 4.43. The molecule has 2 aromatic rings. The predicted octanol–water partition coefficient (Wildman–Crippen LogP) is 2.10. The molecule has 1 unspecified atom stereocenters. The third-order valence-electron chi connectivity index (χ3n) is 2.58. The van der Waals surface area contributed by atoms with Crippen LogP contribution in [0.5, 0.6) is 0 Å². The van der Waals surface area contributed by atoms with Gasteiger partial charge < -0.3 is 10.3 Å². The smallest absolute Gasteiger partial charge is 0.228 e. The maximum Gasteiger partial charge on any atom is 0.228 e. The Hall–Kier alpha value is -1.27. The fourth-order valence-corrected chi connectivity index (χ4v) is 2.53. The van der Waals surface area contributed by atoms with E-state index < -0.39 is 0 Å². The van der Waals surface area contributed by atoms with Gasteiger partial charge in [0.15, 0.2) is 5.82 Å². The normalized spacial score (nSPS) is 12.8. The van der Waals surface area contributed by atoms with Gasteiger partial charge in [-0.2, -0.15) is 4.98 Å². The van der Waals surface area contributed by atoms with Crippen molar-refractivity contribution in [1.82, 2.24) is 15.1 Å². The lowest BCUT2D eigenvalue weighted by atomic mass is 10.1. The second-order valence-corrected chi connectivity index (χ2v) is 5.36. The second kappa shape index (κ2) is 6.06. The zero-order valence-electron chi connectivity index (χ0n) is 10.7. The predicted molar refractivity (Wildman–Crippen MR) is 70.5 cm³/mol. The van der Waals surface area contributed by atoms with Crippen LogP contribution in [0.4, 0.5) is 0 Å². The Morgan fingerprint density at radius 1 is 1.44 bits per heavy atom. The average Bonchev–Trinajstić information content (AvgIpc) is 2.89. The van der Waals surface area contributed by atoms with Crippen molar-refractivity contribution in [2.24, 2.45) is 5.73 Å². The molecule has 0 fully saturated rings. The molecule has 0 radical (unpaired) electrons. The van der Waals surface area contributed by atoms with Gasteiger partial charge in [0.25, 0.3) is 0 Å². The molecule has 0 aliphatic carbocycles. The Labute approximate surface area is 110 Å². The first-order valence-corrected chi connectivity index (χ1v) is 7.03. The number of hydrogen-bond acceptors (Lipinski definition) is 6. The van der Waals surface area contributed by atoms with Crippen LogP contribution in [-0.2, 0) is 12.8 Å². The molecule has 98 valence electrons. The highest BCUT2D eigenvalue weighted by molar-refractivity contribution is 7.09. The van der Waals surface area contributed by atoms with Gasteiger partial charge in [0.1, 0.15) is 5.01 Å². The highest BCUT2D eigenvalue weighted by atomic mass is 32.1. The van der Waals surface area contributed by atoms with Crippen LogP contribution in [0.1, 0.15) is 42.2 Å². The van der Waals surface area contributed by atoms with Gasteiger partial charge in [-0.15, -0.1) is 11.3 Å². The van der Waals surface area contributed by atoms with Crippen LogP contribution in [0, 0.1) is 6.92 Å². The summed E-state index contributed by atoms with van der Waals surface area (Å²) in [4.78, 5) is 8.72. The van der Waals surface area contributed by atoms with Crippen LogP contribution < -0.4 is 5.73 Å². The number of rotatable bonds is 6. The molecule has 0 aliphatic heterocycles. The molecule has 1 atom stereocenters. The van der Waals surface area contributed by atoms with E-state index in [0.717, 1.165) is 23.5 Å². The molecule has 0 saturated heterocycles. The highest BCUT2D eigenvalue weighted by Crippen LogP contribution is 2.13. The van der Waals surface area contributed by atoms with Gasteiger partial charge in [-0.3, -0.25) is 0 Å². The molecule has 2 rings (SSSR count). The van der Waals surface area contributed by atoms with E-state index in [0.29, 0.717) is 24.6 Å². The van der Waals surface area contributed by atoms with Crippen molar-refractivity contribution in [3.8, 4) is 0 Å². The highest BCUT2D eigenvalue weighted by Gasteiger charge is 2.12. The van der Waals surface area contributed by atoms with Gasteiger partial charge in [0.2, 0.25) is 5.89 Å². The third kappa shape index (κ3) is 3.61. The first-order chi connectivity index (χ1) is 8.67. The van der Waals surface area contributed by atoms with E-state index >= 15 is 0 Å². The summed E-state index contributed by atoms with van der Waals surface area (Å²) in [6.45, 7) is 4.09. The molecule has 6 heteroatoms. The van der Waals surface area contributed by atoms with E-state index in [1.165, 1.54) is 0 Å². The Bertz CT molecular complexity index is 494. The molecule has 5 nitrogen and oxygen atoms in total. The quantitative estimate of drug-likeness (QED) is 0.866. The van der Waals surface area contributed by atoms with Gasteiger partial charge >= 0.3 is 0 Å². The Balaban J connectivity index is 1.93. The molecule has 0 spiro atoms. The van der Waals surface area contributed by atoms with Crippen LogP contribution in [0.3, 0.4) is 0 Å². The van der Waals surface area contributed by atoms with Gasteiger partial charge in [0, 0.05) is 23.5 Å². The number of nitrogens with two attached hydrogens (primary N) is 1. The summed E-state index contributed by atoms with van der Waals surface area (Å²) < 4.78 is 5.20. The average molecular weight is 266 g/mol. The molecule has 0 bridgehead atoms. The molecular formula is C12H18N4OS. The molecule has 18 heavy (non-hydrogen) atoms. The molecule has 2 aromatic heterocycles. The zero-order valence-corrected chi connectivity index (χ0v) is 11.5. The van der Waals surface area contributed by atoms with E-state index in [-0.39, 0.29) is 6.04 Å². The molecule has 0 saturated carbocycles.